The van der Waals surface area contributed by atoms with Gasteiger partial charge in [-0.3, -0.25) is 0 Å². The Balaban J connectivity index is 2.06. The average Bonchev–Trinajstić information content (AvgIpc) is 2.62. The Morgan fingerprint density at radius 1 is 0.682 bits per heavy atom. The molecule has 0 saturated carbocycles. The SMILES string of the molecule is COc1ccc([C+]=C(c2ccccc2)c2ccccc2)cc1. The number of hydrogen-bond acceptors (Lipinski definition) is 1. The molecule has 106 valence electrons. The molecule has 3 aromatic carbocycles. The highest BCUT2D eigenvalue weighted by molar-refractivity contribution is 5.79. The van der Waals surface area contributed by atoms with Gasteiger partial charge in [-0.05, 0) is 24.3 Å². The molecule has 0 aliphatic heterocycles. The van der Waals surface area contributed by atoms with Crippen molar-refractivity contribution in [3.05, 3.63) is 108 Å². The van der Waals surface area contributed by atoms with E-state index in [4.69, 9.17) is 4.74 Å². The quantitative estimate of drug-likeness (QED) is 0.485. The molecule has 0 bridgehead atoms. The summed E-state index contributed by atoms with van der Waals surface area (Å²) >= 11 is 0. The molecule has 0 N–H and O–H groups in total. The molecule has 0 atom stereocenters. The van der Waals surface area contributed by atoms with Crippen molar-refractivity contribution >= 4 is 5.57 Å². The van der Waals surface area contributed by atoms with E-state index in [1.807, 2.05) is 60.7 Å². The molecule has 0 heterocycles. The second kappa shape index (κ2) is 6.71. The van der Waals surface area contributed by atoms with Gasteiger partial charge in [-0.25, -0.2) is 0 Å². The fourth-order valence-corrected chi connectivity index (χ4v) is 2.34. The maximum Gasteiger partial charge on any atom is 0.137 e. The first kappa shape index (κ1) is 14.1. The molecule has 0 aromatic heterocycles. The molecule has 0 amide bonds. The highest BCUT2D eigenvalue weighted by Crippen LogP contribution is 2.24. The van der Waals surface area contributed by atoms with Crippen LogP contribution in [0.1, 0.15) is 16.7 Å². The smallest absolute Gasteiger partial charge is 0.137 e. The number of methoxy groups -OCH3 is 1. The molecule has 0 radical (unpaired) electrons. The van der Waals surface area contributed by atoms with E-state index in [1.165, 1.54) is 0 Å². The van der Waals surface area contributed by atoms with Crippen LogP contribution in [0.25, 0.3) is 5.57 Å². The predicted octanol–water partition coefficient (Wildman–Crippen LogP) is 4.98. The summed E-state index contributed by atoms with van der Waals surface area (Å²) in [6, 6.07) is 28.6. The number of benzene rings is 3. The van der Waals surface area contributed by atoms with Crippen LogP contribution < -0.4 is 4.74 Å². The zero-order chi connectivity index (χ0) is 15.2. The first-order valence-corrected chi connectivity index (χ1v) is 7.26. The van der Waals surface area contributed by atoms with E-state index in [0.29, 0.717) is 0 Å². The van der Waals surface area contributed by atoms with Gasteiger partial charge < -0.3 is 4.74 Å². The van der Waals surface area contributed by atoms with Crippen LogP contribution in [-0.4, -0.2) is 7.11 Å². The van der Waals surface area contributed by atoms with Crippen molar-refractivity contribution in [2.24, 2.45) is 0 Å². The van der Waals surface area contributed by atoms with Gasteiger partial charge in [0.25, 0.3) is 0 Å². The van der Waals surface area contributed by atoms with Gasteiger partial charge in [0.15, 0.2) is 0 Å². The van der Waals surface area contributed by atoms with E-state index >= 15 is 0 Å². The molecular weight excluding hydrogens is 268 g/mol. The van der Waals surface area contributed by atoms with Crippen LogP contribution in [-0.2, 0) is 0 Å². The van der Waals surface area contributed by atoms with Crippen molar-refractivity contribution in [3.63, 3.8) is 0 Å². The lowest BCUT2D eigenvalue weighted by atomic mass is 9.96. The summed E-state index contributed by atoms with van der Waals surface area (Å²) in [4.78, 5) is 0. The van der Waals surface area contributed by atoms with E-state index in [2.05, 4.69) is 30.3 Å². The Morgan fingerprint density at radius 3 is 1.64 bits per heavy atom. The molecule has 0 fully saturated rings. The van der Waals surface area contributed by atoms with Crippen molar-refractivity contribution in [1.82, 2.24) is 0 Å². The third-order valence-corrected chi connectivity index (χ3v) is 3.48. The van der Waals surface area contributed by atoms with Gasteiger partial charge in [0.1, 0.15) is 16.9 Å². The summed E-state index contributed by atoms with van der Waals surface area (Å²) < 4.78 is 5.21. The summed E-state index contributed by atoms with van der Waals surface area (Å²) in [5, 5.41) is 0. The Bertz CT molecular complexity index is 699. The fourth-order valence-electron chi connectivity index (χ4n) is 2.34. The van der Waals surface area contributed by atoms with Gasteiger partial charge in [0.2, 0.25) is 0 Å². The molecule has 0 aliphatic rings. The monoisotopic (exact) mass is 285 g/mol. The lowest BCUT2D eigenvalue weighted by molar-refractivity contribution is 0.415. The first-order chi connectivity index (χ1) is 10.9. The molecular formula is C21H17O+. The summed E-state index contributed by atoms with van der Waals surface area (Å²) in [6.07, 6.45) is 3.52. The summed E-state index contributed by atoms with van der Waals surface area (Å²) in [5.74, 6) is 0.853. The van der Waals surface area contributed by atoms with Crippen molar-refractivity contribution in [3.8, 4) is 5.75 Å². The van der Waals surface area contributed by atoms with Crippen molar-refractivity contribution < 1.29 is 4.74 Å². The summed E-state index contributed by atoms with van der Waals surface area (Å²) in [7, 11) is 1.67. The molecule has 0 aliphatic carbocycles. The van der Waals surface area contributed by atoms with Crippen molar-refractivity contribution in [1.29, 1.82) is 0 Å². The zero-order valence-corrected chi connectivity index (χ0v) is 12.5. The molecule has 22 heavy (non-hydrogen) atoms. The topological polar surface area (TPSA) is 9.23 Å². The molecule has 0 spiro atoms. The summed E-state index contributed by atoms with van der Waals surface area (Å²) in [5.41, 5.74) is 4.43. The lowest BCUT2D eigenvalue weighted by Crippen LogP contribution is -1.89. The van der Waals surface area contributed by atoms with Gasteiger partial charge in [0.05, 0.1) is 18.2 Å². The normalized spacial score (nSPS) is 9.86. The van der Waals surface area contributed by atoms with Crippen LogP contribution in [0.3, 0.4) is 0 Å². The largest absolute Gasteiger partial charge is 0.495 e. The minimum Gasteiger partial charge on any atom is -0.495 e. The average molecular weight is 285 g/mol. The number of rotatable bonds is 4. The first-order valence-electron chi connectivity index (χ1n) is 7.26. The van der Waals surface area contributed by atoms with Gasteiger partial charge in [0, 0.05) is 30.3 Å². The van der Waals surface area contributed by atoms with Gasteiger partial charge in [-0.2, -0.15) is 0 Å². The van der Waals surface area contributed by atoms with Crippen LogP contribution >= 0.6 is 0 Å². The minimum atomic E-state index is 0.853. The number of ether oxygens (including phenoxy) is 1. The number of hydrogen-bond donors (Lipinski definition) is 0. The third-order valence-electron chi connectivity index (χ3n) is 3.48. The van der Waals surface area contributed by atoms with Gasteiger partial charge in [-0.1, -0.05) is 36.4 Å². The molecule has 3 aromatic rings. The maximum absolute atomic E-state index is 5.21. The minimum absolute atomic E-state index is 0.853. The highest BCUT2D eigenvalue weighted by Gasteiger charge is 2.12. The van der Waals surface area contributed by atoms with E-state index in [9.17, 15) is 0 Å². The maximum atomic E-state index is 5.21. The third kappa shape index (κ3) is 3.22. The highest BCUT2D eigenvalue weighted by atomic mass is 16.5. The summed E-state index contributed by atoms with van der Waals surface area (Å²) in [6.45, 7) is 0. The Kier molecular flexibility index (Phi) is 4.29. The Hall–Kier alpha value is -2.89. The molecule has 0 saturated heterocycles. The van der Waals surface area contributed by atoms with E-state index in [0.717, 1.165) is 28.0 Å². The molecule has 1 heteroatoms. The van der Waals surface area contributed by atoms with Crippen LogP contribution in [0.15, 0.2) is 84.9 Å². The molecule has 1 nitrogen and oxygen atoms in total. The second-order valence-corrected chi connectivity index (χ2v) is 4.96. The van der Waals surface area contributed by atoms with Crippen LogP contribution in [0.2, 0.25) is 0 Å². The Morgan fingerprint density at radius 2 is 1.18 bits per heavy atom. The van der Waals surface area contributed by atoms with Crippen molar-refractivity contribution in [2.45, 2.75) is 0 Å². The van der Waals surface area contributed by atoms with E-state index in [-0.39, 0.29) is 0 Å². The van der Waals surface area contributed by atoms with Crippen molar-refractivity contribution in [2.75, 3.05) is 7.11 Å². The van der Waals surface area contributed by atoms with Crippen LogP contribution in [0.5, 0.6) is 5.75 Å². The fraction of sp³-hybridized carbons (Fsp3) is 0.0476. The zero-order valence-electron chi connectivity index (χ0n) is 12.5. The molecule has 0 unspecified atom stereocenters. The van der Waals surface area contributed by atoms with Crippen LogP contribution in [0, 0.1) is 6.08 Å². The lowest BCUT2D eigenvalue weighted by Gasteiger charge is -2.02. The van der Waals surface area contributed by atoms with E-state index < -0.39 is 0 Å². The van der Waals surface area contributed by atoms with Crippen LogP contribution in [0.4, 0.5) is 0 Å². The molecule has 3 rings (SSSR count). The Labute approximate surface area is 131 Å². The predicted molar refractivity (Wildman–Crippen MR) is 90.7 cm³/mol. The second-order valence-electron chi connectivity index (χ2n) is 4.96. The standard InChI is InChI=1S/C21H17O/c1-22-20-14-12-17(13-15-20)16-21(18-8-4-2-5-9-18)19-10-6-3-7-11-19/h2-15H,1H3/q+1. The van der Waals surface area contributed by atoms with E-state index in [1.54, 1.807) is 7.11 Å². The van der Waals surface area contributed by atoms with Gasteiger partial charge >= 0.3 is 0 Å². The van der Waals surface area contributed by atoms with Gasteiger partial charge in [-0.15, -0.1) is 0 Å².